The van der Waals surface area contributed by atoms with Crippen LogP contribution in [-0.2, 0) is 0 Å². The molecule has 222 valence electrons. The second kappa shape index (κ2) is 11.4. The smallest absolute Gasteiger partial charge is 0.0991 e. The molecule has 0 fully saturated rings. The minimum atomic E-state index is 0.666. The summed E-state index contributed by atoms with van der Waals surface area (Å²) >= 11 is 0. The maximum absolute atomic E-state index is 9.41. The van der Waals surface area contributed by atoms with Crippen molar-refractivity contribution >= 4 is 43.1 Å². The Morgan fingerprint density at radius 1 is 0.250 bits per heavy atom. The fraction of sp³-hybridized carbons (Fsp3) is 0. The number of fused-ring (bicyclic) bond motifs is 4. The van der Waals surface area contributed by atoms with Crippen LogP contribution in [-0.4, -0.2) is 0 Å². The molecule has 1 nitrogen and oxygen atoms in total. The van der Waals surface area contributed by atoms with Crippen LogP contribution in [0.25, 0.3) is 87.6 Å². The van der Waals surface area contributed by atoms with Crippen LogP contribution in [0.3, 0.4) is 0 Å². The van der Waals surface area contributed by atoms with Gasteiger partial charge in [0.1, 0.15) is 0 Å². The van der Waals surface area contributed by atoms with Crippen LogP contribution in [0.15, 0.2) is 176 Å². The maximum atomic E-state index is 9.41. The molecule has 0 atom stereocenters. The lowest BCUT2D eigenvalue weighted by Crippen LogP contribution is -1.92. The fourth-order valence-corrected chi connectivity index (χ4v) is 7.62. The van der Waals surface area contributed by atoms with E-state index in [1.165, 1.54) is 82.0 Å². The molecule has 9 rings (SSSR count). The summed E-state index contributed by atoms with van der Waals surface area (Å²) in [6.07, 6.45) is 0. The van der Waals surface area contributed by atoms with Gasteiger partial charge in [0.2, 0.25) is 0 Å². The predicted octanol–water partition coefficient (Wildman–Crippen LogP) is 12.8. The van der Waals surface area contributed by atoms with Crippen LogP contribution in [0.1, 0.15) is 5.56 Å². The van der Waals surface area contributed by atoms with Gasteiger partial charge in [0, 0.05) is 0 Å². The van der Waals surface area contributed by atoms with E-state index >= 15 is 0 Å². The lowest BCUT2D eigenvalue weighted by Gasteiger charge is -2.19. The van der Waals surface area contributed by atoms with Gasteiger partial charge in [-0.15, -0.1) is 0 Å². The van der Waals surface area contributed by atoms with Gasteiger partial charge in [0.05, 0.1) is 11.6 Å². The van der Waals surface area contributed by atoms with Gasteiger partial charge in [-0.1, -0.05) is 164 Å². The van der Waals surface area contributed by atoms with Gasteiger partial charge >= 0.3 is 0 Å². The van der Waals surface area contributed by atoms with E-state index < -0.39 is 0 Å². The zero-order valence-electron chi connectivity index (χ0n) is 26.2. The first-order valence-electron chi connectivity index (χ1n) is 16.3. The Hall–Kier alpha value is -6.49. The highest BCUT2D eigenvalue weighted by molar-refractivity contribution is 6.23. The topological polar surface area (TPSA) is 23.8 Å². The van der Waals surface area contributed by atoms with Crippen molar-refractivity contribution in [2.75, 3.05) is 0 Å². The molecule has 9 aromatic carbocycles. The van der Waals surface area contributed by atoms with Crippen LogP contribution >= 0.6 is 0 Å². The summed E-state index contributed by atoms with van der Waals surface area (Å²) in [4.78, 5) is 0. The molecule has 0 unspecified atom stereocenters. The number of rotatable bonds is 4. The summed E-state index contributed by atoms with van der Waals surface area (Å²) in [5.74, 6) is 0. The van der Waals surface area contributed by atoms with E-state index in [2.05, 4.69) is 170 Å². The quantitative estimate of drug-likeness (QED) is 0.183. The van der Waals surface area contributed by atoms with Crippen LogP contribution < -0.4 is 0 Å². The van der Waals surface area contributed by atoms with E-state index in [0.29, 0.717) is 5.56 Å². The average molecular weight is 608 g/mol. The van der Waals surface area contributed by atoms with Crippen molar-refractivity contribution in [1.82, 2.24) is 0 Å². The zero-order valence-corrected chi connectivity index (χ0v) is 26.2. The fourth-order valence-electron chi connectivity index (χ4n) is 7.62. The summed E-state index contributed by atoms with van der Waals surface area (Å²) in [7, 11) is 0. The lowest BCUT2D eigenvalue weighted by molar-refractivity contribution is 1.49. The molecule has 0 amide bonds. The zero-order chi connectivity index (χ0) is 32.0. The van der Waals surface area contributed by atoms with Crippen molar-refractivity contribution in [3.63, 3.8) is 0 Å². The second-order valence-corrected chi connectivity index (χ2v) is 12.3. The van der Waals surface area contributed by atoms with Gasteiger partial charge in [0.15, 0.2) is 0 Å². The molecule has 0 radical (unpaired) electrons. The number of hydrogen-bond acceptors (Lipinski definition) is 1. The van der Waals surface area contributed by atoms with Gasteiger partial charge in [-0.05, 0) is 99.7 Å². The second-order valence-electron chi connectivity index (χ2n) is 12.3. The van der Waals surface area contributed by atoms with E-state index in [0.717, 1.165) is 5.56 Å². The number of hydrogen-bond donors (Lipinski definition) is 0. The molecule has 48 heavy (non-hydrogen) atoms. The van der Waals surface area contributed by atoms with E-state index in [-0.39, 0.29) is 0 Å². The van der Waals surface area contributed by atoms with Gasteiger partial charge in [-0.3, -0.25) is 0 Å². The third-order valence-corrected chi connectivity index (χ3v) is 9.69. The maximum Gasteiger partial charge on any atom is 0.0991 e. The normalized spacial score (nSPS) is 11.3. The Kier molecular flexibility index (Phi) is 6.59. The van der Waals surface area contributed by atoms with E-state index in [9.17, 15) is 5.26 Å². The Morgan fingerprint density at radius 2 is 0.479 bits per heavy atom. The van der Waals surface area contributed by atoms with Crippen molar-refractivity contribution in [3.8, 4) is 50.6 Å². The largest absolute Gasteiger partial charge is 0.192 e. The first-order valence-corrected chi connectivity index (χ1v) is 16.3. The molecule has 0 spiro atoms. The molecule has 0 aliphatic carbocycles. The Morgan fingerprint density at radius 3 is 0.750 bits per heavy atom. The molecular weight excluding hydrogens is 579 g/mol. The number of nitrogens with zero attached hydrogens (tertiary/aromatic N) is 1. The Labute approximate surface area is 279 Å². The highest BCUT2D eigenvalue weighted by Crippen LogP contribution is 2.46. The van der Waals surface area contributed by atoms with Gasteiger partial charge in [0.25, 0.3) is 0 Å². The third-order valence-electron chi connectivity index (χ3n) is 9.69. The third kappa shape index (κ3) is 4.39. The minimum absolute atomic E-state index is 0.666. The Balaban J connectivity index is 1.27. The molecule has 0 N–H and O–H groups in total. The van der Waals surface area contributed by atoms with Crippen LogP contribution in [0, 0.1) is 11.3 Å². The highest BCUT2D eigenvalue weighted by Gasteiger charge is 2.19. The summed E-state index contributed by atoms with van der Waals surface area (Å²) in [6, 6.07) is 65.2. The first kappa shape index (κ1) is 27.8. The molecular formula is C47H29N. The van der Waals surface area contributed by atoms with Crippen molar-refractivity contribution in [2.45, 2.75) is 0 Å². The van der Waals surface area contributed by atoms with E-state index in [1.54, 1.807) is 0 Å². The Bertz CT molecular complexity index is 2580. The molecule has 0 bridgehead atoms. The van der Waals surface area contributed by atoms with E-state index in [1.807, 2.05) is 12.1 Å². The average Bonchev–Trinajstić information content (AvgIpc) is 3.16. The number of benzene rings is 9. The monoisotopic (exact) mass is 607 g/mol. The summed E-state index contributed by atoms with van der Waals surface area (Å²) in [5, 5.41) is 19.3. The van der Waals surface area contributed by atoms with Gasteiger partial charge in [-0.2, -0.15) is 5.26 Å². The van der Waals surface area contributed by atoms with Crippen LogP contribution in [0.2, 0.25) is 0 Å². The minimum Gasteiger partial charge on any atom is -0.192 e. The van der Waals surface area contributed by atoms with Crippen molar-refractivity contribution in [2.24, 2.45) is 0 Å². The van der Waals surface area contributed by atoms with Crippen molar-refractivity contribution in [3.05, 3.63) is 181 Å². The van der Waals surface area contributed by atoms with Gasteiger partial charge in [-0.25, -0.2) is 0 Å². The first-order chi connectivity index (χ1) is 23.8. The molecule has 9 aromatic rings. The molecule has 0 saturated carbocycles. The highest BCUT2D eigenvalue weighted by atomic mass is 14.2. The predicted molar refractivity (Wildman–Crippen MR) is 203 cm³/mol. The van der Waals surface area contributed by atoms with E-state index in [4.69, 9.17) is 0 Å². The van der Waals surface area contributed by atoms with Crippen molar-refractivity contribution < 1.29 is 0 Å². The van der Waals surface area contributed by atoms with Crippen molar-refractivity contribution in [1.29, 1.82) is 5.26 Å². The molecule has 0 heterocycles. The van der Waals surface area contributed by atoms with Gasteiger partial charge < -0.3 is 0 Å². The molecule has 0 aromatic heterocycles. The van der Waals surface area contributed by atoms with Crippen LogP contribution in [0.5, 0.6) is 0 Å². The standard InChI is InChI=1S/C47H29N/c48-30-31-22-24-33(25-23-31)45-40-18-8-10-20-42(40)47(43-21-11-9-19-41(43)45)35-28-26-34(27-29-35)46-38-16-6-4-14-36(38)44(32-12-2-1-3-13-32)37-15-5-7-17-39(37)46/h1-29H. The number of nitriles is 1. The summed E-state index contributed by atoms with van der Waals surface area (Å²) in [5.41, 5.74) is 10.4. The molecule has 0 aliphatic rings. The molecule has 0 saturated heterocycles. The molecule has 1 heteroatoms. The lowest BCUT2D eigenvalue weighted by atomic mass is 9.84. The summed E-state index contributed by atoms with van der Waals surface area (Å²) < 4.78 is 0. The SMILES string of the molecule is N#Cc1ccc(-c2c3ccccc3c(-c3ccc(-c4c5ccccc5c(-c5ccccc5)c5ccccc45)cc3)c3ccccc23)cc1. The molecule has 0 aliphatic heterocycles. The summed E-state index contributed by atoms with van der Waals surface area (Å²) in [6.45, 7) is 0. The van der Waals surface area contributed by atoms with Crippen LogP contribution in [0.4, 0.5) is 0 Å².